The van der Waals surface area contributed by atoms with E-state index in [1.807, 2.05) is 0 Å². The normalized spacial score (nSPS) is 9.20. The molecule has 0 fully saturated rings. The molecule has 2 heteroatoms. The maximum atomic E-state index is 5.06. The summed E-state index contributed by atoms with van der Waals surface area (Å²) in [5.74, 6) is 1.08. The topological polar surface area (TPSA) is 9.23 Å². The number of hydrogen-bond acceptors (Lipinski definition) is 2. The van der Waals surface area contributed by atoms with Gasteiger partial charge < -0.3 is 4.74 Å². The van der Waals surface area contributed by atoms with Gasteiger partial charge in [0.1, 0.15) is 0 Å². The van der Waals surface area contributed by atoms with Crippen LogP contribution in [0.5, 0.6) is 0 Å². The highest BCUT2D eigenvalue weighted by Gasteiger charge is 1.87. The molecule has 0 aromatic rings. The summed E-state index contributed by atoms with van der Waals surface area (Å²) in [6.45, 7) is 0.876. The lowest BCUT2D eigenvalue weighted by atomic mass is 10.3. The van der Waals surface area contributed by atoms with E-state index in [4.69, 9.17) is 11.2 Å². The van der Waals surface area contributed by atoms with Gasteiger partial charge in [0, 0.05) is 19.5 Å². The van der Waals surface area contributed by atoms with Gasteiger partial charge in [-0.2, -0.15) is 0 Å². The Morgan fingerprint density at radius 3 is 2.80 bits per heavy atom. The predicted octanol–water partition coefficient (Wildman–Crippen LogP) is 2.13. The van der Waals surface area contributed by atoms with Gasteiger partial charge in [0.25, 0.3) is 0 Å². The standard InChI is InChI=1S/C8H14OS/c1-3-10-8-6-4-5-7-9-2/h1H,4-8H2,2H3. The zero-order chi connectivity index (χ0) is 7.66. The van der Waals surface area contributed by atoms with Crippen molar-refractivity contribution >= 4 is 11.8 Å². The molecule has 0 atom stereocenters. The zero-order valence-corrected chi connectivity index (χ0v) is 7.25. The number of terminal acetylenes is 1. The van der Waals surface area contributed by atoms with Crippen molar-refractivity contribution in [3.63, 3.8) is 0 Å². The molecule has 0 aromatic carbocycles. The van der Waals surface area contributed by atoms with Crippen molar-refractivity contribution < 1.29 is 4.74 Å². The first kappa shape index (κ1) is 9.87. The first-order valence-corrected chi connectivity index (χ1v) is 4.46. The lowest BCUT2D eigenvalue weighted by Gasteiger charge is -1.96. The minimum Gasteiger partial charge on any atom is -0.385 e. The van der Waals surface area contributed by atoms with Gasteiger partial charge in [-0.1, -0.05) is 18.2 Å². The number of hydrogen-bond donors (Lipinski definition) is 0. The van der Waals surface area contributed by atoms with Crippen molar-refractivity contribution in [3.05, 3.63) is 0 Å². The molecule has 0 saturated heterocycles. The lowest BCUT2D eigenvalue weighted by molar-refractivity contribution is 0.192. The zero-order valence-electron chi connectivity index (χ0n) is 6.43. The molecule has 0 amide bonds. The van der Waals surface area contributed by atoms with Gasteiger partial charge in [-0.3, -0.25) is 0 Å². The van der Waals surface area contributed by atoms with E-state index in [1.54, 1.807) is 18.9 Å². The van der Waals surface area contributed by atoms with Crippen molar-refractivity contribution in [2.75, 3.05) is 19.5 Å². The fourth-order valence-corrected chi connectivity index (χ4v) is 1.12. The SMILES string of the molecule is C#CSCCCCCOC. The van der Waals surface area contributed by atoms with Crippen LogP contribution < -0.4 is 0 Å². The molecule has 0 radical (unpaired) electrons. The minimum absolute atomic E-state index is 0.876. The molecule has 0 saturated carbocycles. The van der Waals surface area contributed by atoms with E-state index >= 15 is 0 Å². The largest absolute Gasteiger partial charge is 0.385 e. The van der Waals surface area contributed by atoms with E-state index in [9.17, 15) is 0 Å². The van der Waals surface area contributed by atoms with Crippen LogP contribution in [-0.2, 0) is 4.74 Å². The molecular formula is C8H14OS. The number of methoxy groups -OCH3 is 1. The van der Waals surface area contributed by atoms with Crippen molar-refractivity contribution in [3.8, 4) is 11.7 Å². The molecule has 10 heavy (non-hydrogen) atoms. The van der Waals surface area contributed by atoms with Crippen LogP contribution in [0.2, 0.25) is 0 Å². The van der Waals surface area contributed by atoms with Gasteiger partial charge in [0.15, 0.2) is 0 Å². The Morgan fingerprint density at radius 2 is 2.20 bits per heavy atom. The summed E-state index contributed by atoms with van der Waals surface area (Å²) < 4.78 is 4.90. The molecule has 0 N–H and O–H groups in total. The number of rotatable bonds is 6. The van der Waals surface area contributed by atoms with Crippen LogP contribution in [0.1, 0.15) is 19.3 Å². The molecule has 58 valence electrons. The second-order valence-corrected chi connectivity index (χ2v) is 2.95. The van der Waals surface area contributed by atoms with Gasteiger partial charge in [-0.05, 0) is 18.1 Å². The molecule has 0 spiro atoms. The fraction of sp³-hybridized carbons (Fsp3) is 0.750. The number of ether oxygens (including phenoxy) is 1. The molecule has 0 unspecified atom stereocenters. The maximum absolute atomic E-state index is 5.06. The van der Waals surface area contributed by atoms with Crippen molar-refractivity contribution in [1.29, 1.82) is 0 Å². The molecule has 0 aliphatic heterocycles. The molecule has 1 nitrogen and oxygen atoms in total. The smallest absolute Gasteiger partial charge is 0.0462 e. The highest BCUT2D eigenvalue weighted by molar-refractivity contribution is 8.03. The van der Waals surface area contributed by atoms with Gasteiger partial charge in [-0.25, -0.2) is 0 Å². The summed E-state index contributed by atoms with van der Waals surface area (Å²) in [4.78, 5) is 0. The Bertz CT molecular complexity index is 95.9. The van der Waals surface area contributed by atoms with Crippen molar-refractivity contribution in [2.45, 2.75) is 19.3 Å². The molecule has 0 aromatic heterocycles. The van der Waals surface area contributed by atoms with Crippen molar-refractivity contribution in [1.82, 2.24) is 0 Å². The third kappa shape index (κ3) is 7.87. The number of unbranched alkanes of at least 4 members (excludes halogenated alkanes) is 2. The summed E-state index contributed by atoms with van der Waals surface area (Å²) in [6.07, 6.45) is 8.64. The van der Waals surface area contributed by atoms with E-state index in [2.05, 4.69) is 5.25 Å². The van der Waals surface area contributed by atoms with Crippen molar-refractivity contribution in [2.24, 2.45) is 0 Å². The van der Waals surface area contributed by atoms with E-state index in [1.165, 1.54) is 12.8 Å². The van der Waals surface area contributed by atoms with E-state index in [0.29, 0.717) is 0 Å². The highest BCUT2D eigenvalue weighted by atomic mass is 32.2. The van der Waals surface area contributed by atoms with Crippen LogP contribution >= 0.6 is 11.8 Å². The molecule has 0 rings (SSSR count). The predicted molar refractivity (Wildman–Crippen MR) is 47.0 cm³/mol. The maximum Gasteiger partial charge on any atom is 0.0462 e. The van der Waals surface area contributed by atoms with Crippen LogP contribution in [0.3, 0.4) is 0 Å². The summed E-state index contributed by atoms with van der Waals surface area (Å²) in [7, 11) is 1.73. The molecule has 0 aliphatic rings. The Balaban J connectivity index is 2.72. The van der Waals surface area contributed by atoms with Gasteiger partial charge in [-0.15, -0.1) is 6.42 Å². The lowest BCUT2D eigenvalue weighted by Crippen LogP contribution is -1.88. The first-order chi connectivity index (χ1) is 4.91. The van der Waals surface area contributed by atoms with Gasteiger partial charge in [0.2, 0.25) is 0 Å². The average molecular weight is 158 g/mol. The van der Waals surface area contributed by atoms with Gasteiger partial charge >= 0.3 is 0 Å². The highest BCUT2D eigenvalue weighted by Crippen LogP contribution is 2.03. The molecule has 0 aliphatic carbocycles. The second kappa shape index (κ2) is 8.87. The molecular weight excluding hydrogens is 144 g/mol. The van der Waals surface area contributed by atoms with E-state index in [0.717, 1.165) is 18.8 Å². The van der Waals surface area contributed by atoms with Gasteiger partial charge in [0.05, 0.1) is 0 Å². The van der Waals surface area contributed by atoms with Crippen LogP contribution in [0.15, 0.2) is 0 Å². The molecule has 0 heterocycles. The number of thioether (sulfide) groups is 1. The second-order valence-electron chi connectivity index (χ2n) is 2.02. The summed E-state index contributed by atoms with van der Waals surface area (Å²) in [6, 6.07) is 0. The van der Waals surface area contributed by atoms with E-state index < -0.39 is 0 Å². The average Bonchev–Trinajstić information content (AvgIpc) is 1.97. The van der Waals surface area contributed by atoms with Crippen LogP contribution in [0, 0.1) is 11.7 Å². The summed E-state index contributed by atoms with van der Waals surface area (Å²) in [5.41, 5.74) is 0. The fourth-order valence-electron chi connectivity index (χ4n) is 0.656. The van der Waals surface area contributed by atoms with Crippen LogP contribution in [0.4, 0.5) is 0 Å². The minimum atomic E-state index is 0.876. The summed E-state index contributed by atoms with van der Waals surface area (Å²) >= 11 is 1.55. The quantitative estimate of drug-likeness (QED) is 0.432. The third-order valence-corrected chi connectivity index (χ3v) is 1.84. The van der Waals surface area contributed by atoms with Crippen LogP contribution in [-0.4, -0.2) is 19.5 Å². The third-order valence-electron chi connectivity index (χ3n) is 1.18. The Hall–Kier alpha value is -0.130. The Kier molecular flexibility index (Phi) is 8.75. The Labute approximate surface area is 67.5 Å². The monoisotopic (exact) mass is 158 g/mol. The first-order valence-electron chi connectivity index (χ1n) is 3.48. The van der Waals surface area contributed by atoms with E-state index in [-0.39, 0.29) is 0 Å². The Morgan fingerprint density at radius 1 is 1.40 bits per heavy atom. The molecule has 0 bridgehead atoms. The summed E-state index contributed by atoms with van der Waals surface area (Å²) in [5, 5.41) is 2.54. The van der Waals surface area contributed by atoms with Crippen LogP contribution in [0.25, 0.3) is 0 Å².